The third-order valence-electron chi connectivity index (χ3n) is 5.32. The lowest BCUT2D eigenvalue weighted by Gasteiger charge is -2.38. The van der Waals surface area contributed by atoms with E-state index in [1.807, 2.05) is 34.6 Å². The molecule has 1 heterocycles. The zero-order valence-corrected chi connectivity index (χ0v) is 19.4. The topological polar surface area (TPSA) is 62.6 Å². The molecule has 1 amide bonds. The molecule has 1 saturated heterocycles. The van der Waals surface area contributed by atoms with E-state index in [2.05, 4.69) is 39.9 Å². The minimum atomic E-state index is -1.92. The predicted molar refractivity (Wildman–Crippen MR) is 107 cm³/mol. The fourth-order valence-electron chi connectivity index (χ4n) is 2.92. The maximum absolute atomic E-state index is 12.7. The highest BCUT2D eigenvalue weighted by atomic mass is 28.4. The van der Waals surface area contributed by atoms with E-state index in [1.54, 1.807) is 4.90 Å². The van der Waals surface area contributed by atoms with Crippen molar-refractivity contribution in [3.05, 3.63) is 0 Å². The van der Waals surface area contributed by atoms with E-state index in [0.29, 0.717) is 13.0 Å². The first-order valence-electron chi connectivity index (χ1n) is 9.56. The third kappa shape index (κ3) is 6.28. The van der Waals surface area contributed by atoms with Gasteiger partial charge < -0.3 is 14.1 Å². The fraction of sp³-hybridized carbons (Fsp3) is 0.900. The SMILES string of the molecule is CC(C)(C#N)C[C@@H]1C[C@@H](O[Si](C)(C)C(C)(C)C)CN1C(=O)OC(C)(C)C. The molecule has 0 aromatic rings. The molecule has 0 bridgehead atoms. The first-order valence-corrected chi connectivity index (χ1v) is 12.5. The van der Waals surface area contributed by atoms with Gasteiger partial charge in [0.15, 0.2) is 8.32 Å². The van der Waals surface area contributed by atoms with Crippen molar-refractivity contribution in [1.29, 1.82) is 5.26 Å². The molecule has 0 aliphatic carbocycles. The predicted octanol–water partition coefficient (Wildman–Crippen LogP) is 5.33. The van der Waals surface area contributed by atoms with Gasteiger partial charge in [-0.25, -0.2) is 4.79 Å². The van der Waals surface area contributed by atoms with Crippen LogP contribution in [0.3, 0.4) is 0 Å². The molecule has 0 saturated carbocycles. The maximum atomic E-state index is 12.7. The van der Waals surface area contributed by atoms with Crippen LogP contribution in [0, 0.1) is 16.7 Å². The summed E-state index contributed by atoms with van der Waals surface area (Å²) in [6, 6.07) is 2.32. The average Bonchev–Trinajstić information content (AvgIpc) is 2.76. The van der Waals surface area contributed by atoms with Crippen molar-refractivity contribution in [3.8, 4) is 6.07 Å². The van der Waals surface area contributed by atoms with Crippen LogP contribution in [0.1, 0.15) is 68.2 Å². The lowest BCUT2D eigenvalue weighted by molar-refractivity contribution is 0.0189. The number of hydrogen-bond acceptors (Lipinski definition) is 4. The molecule has 0 radical (unpaired) electrons. The minimum Gasteiger partial charge on any atom is -0.444 e. The quantitative estimate of drug-likeness (QED) is 0.617. The first-order chi connectivity index (χ1) is 11.5. The van der Waals surface area contributed by atoms with Crippen LogP contribution in [0.15, 0.2) is 0 Å². The smallest absolute Gasteiger partial charge is 0.410 e. The molecule has 0 aromatic heterocycles. The number of nitrogens with zero attached hydrogens (tertiary/aromatic N) is 2. The molecular weight excluding hydrogens is 344 g/mol. The van der Waals surface area contributed by atoms with Gasteiger partial charge in [0.05, 0.1) is 17.6 Å². The molecule has 1 aliphatic heterocycles. The summed E-state index contributed by atoms with van der Waals surface area (Å²) < 4.78 is 12.2. The van der Waals surface area contributed by atoms with Gasteiger partial charge in [-0.2, -0.15) is 5.26 Å². The van der Waals surface area contributed by atoms with Gasteiger partial charge in [-0.1, -0.05) is 20.8 Å². The van der Waals surface area contributed by atoms with Crippen molar-refractivity contribution in [2.75, 3.05) is 6.54 Å². The Labute approximate surface area is 161 Å². The monoisotopic (exact) mass is 382 g/mol. The highest BCUT2D eigenvalue weighted by Crippen LogP contribution is 2.40. The summed E-state index contributed by atoms with van der Waals surface area (Å²) in [6.45, 7) is 21.1. The van der Waals surface area contributed by atoms with E-state index in [4.69, 9.17) is 9.16 Å². The molecule has 2 atom stereocenters. The van der Waals surface area contributed by atoms with Crippen LogP contribution in [0.5, 0.6) is 0 Å². The third-order valence-corrected chi connectivity index (χ3v) is 9.86. The second-order valence-electron chi connectivity index (χ2n) is 10.7. The van der Waals surface area contributed by atoms with Crippen LogP contribution in [-0.2, 0) is 9.16 Å². The Morgan fingerprint density at radius 3 is 2.12 bits per heavy atom. The Hall–Kier alpha value is -1.06. The number of carbonyl (C=O) groups excluding carboxylic acids is 1. The van der Waals surface area contributed by atoms with E-state index < -0.39 is 19.3 Å². The van der Waals surface area contributed by atoms with Gasteiger partial charge >= 0.3 is 6.09 Å². The normalized spacial score (nSPS) is 22.3. The second-order valence-corrected chi connectivity index (χ2v) is 15.5. The van der Waals surface area contributed by atoms with Crippen LogP contribution in [0.2, 0.25) is 18.1 Å². The van der Waals surface area contributed by atoms with Crippen LogP contribution in [0.25, 0.3) is 0 Å². The molecule has 0 spiro atoms. The number of rotatable bonds is 4. The number of nitriles is 1. The van der Waals surface area contributed by atoms with Gasteiger partial charge in [0, 0.05) is 12.6 Å². The van der Waals surface area contributed by atoms with Crippen molar-refractivity contribution in [3.63, 3.8) is 0 Å². The van der Waals surface area contributed by atoms with Crippen LogP contribution < -0.4 is 0 Å². The number of hydrogen-bond donors (Lipinski definition) is 0. The van der Waals surface area contributed by atoms with Gasteiger partial charge in [-0.3, -0.25) is 0 Å². The molecular formula is C20H38N2O3Si. The number of ether oxygens (including phenoxy) is 1. The summed E-state index contributed by atoms with van der Waals surface area (Å²) in [5.74, 6) is 0. The lowest BCUT2D eigenvalue weighted by Crippen LogP contribution is -2.45. The molecule has 1 fully saturated rings. The first kappa shape index (κ1) is 23.0. The van der Waals surface area contributed by atoms with Gasteiger partial charge in [0.1, 0.15) is 5.60 Å². The molecule has 0 N–H and O–H groups in total. The summed E-state index contributed by atoms with van der Waals surface area (Å²) in [6.07, 6.45) is 1.08. The molecule has 0 unspecified atom stereocenters. The highest BCUT2D eigenvalue weighted by Gasteiger charge is 2.45. The second kappa shape index (κ2) is 7.51. The minimum absolute atomic E-state index is 0.00269. The van der Waals surface area contributed by atoms with Crippen molar-refractivity contribution >= 4 is 14.4 Å². The van der Waals surface area contributed by atoms with Gasteiger partial charge in [-0.05, 0) is 65.6 Å². The molecule has 0 aromatic carbocycles. The number of likely N-dealkylation sites (tertiary alicyclic amines) is 1. The lowest BCUT2D eigenvalue weighted by atomic mass is 9.86. The van der Waals surface area contributed by atoms with Gasteiger partial charge in [0.2, 0.25) is 0 Å². The zero-order chi connectivity index (χ0) is 20.6. The van der Waals surface area contributed by atoms with E-state index in [-0.39, 0.29) is 23.3 Å². The van der Waals surface area contributed by atoms with E-state index in [1.165, 1.54) is 0 Å². The summed E-state index contributed by atoms with van der Waals surface area (Å²) in [7, 11) is -1.92. The summed E-state index contributed by atoms with van der Waals surface area (Å²) >= 11 is 0. The number of carbonyl (C=O) groups is 1. The Morgan fingerprint density at radius 2 is 1.69 bits per heavy atom. The summed E-state index contributed by atoms with van der Waals surface area (Å²) in [5.41, 5.74) is -1.03. The molecule has 5 nitrogen and oxygen atoms in total. The van der Waals surface area contributed by atoms with Crippen molar-refractivity contribution in [2.45, 2.75) is 104 Å². The Balaban J connectivity index is 2.98. The Kier molecular flexibility index (Phi) is 6.64. The standard InChI is InChI=1S/C20H38N2O3Si/c1-18(2,3)24-17(23)22-13-16(25-26(9,10)19(4,5)6)11-15(22)12-20(7,8)14-21/h15-16H,11-13H2,1-10H3/t15-,16+/m0/s1. The molecule has 150 valence electrons. The molecule has 26 heavy (non-hydrogen) atoms. The van der Waals surface area contributed by atoms with Crippen molar-refractivity contribution in [2.24, 2.45) is 5.41 Å². The van der Waals surface area contributed by atoms with Crippen LogP contribution >= 0.6 is 0 Å². The van der Waals surface area contributed by atoms with E-state index in [0.717, 1.165) is 6.42 Å². The maximum Gasteiger partial charge on any atom is 0.410 e. The number of amides is 1. The van der Waals surface area contributed by atoms with Crippen molar-refractivity contribution < 1.29 is 14.0 Å². The summed E-state index contributed by atoms with van der Waals surface area (Å²) in [5, 5.41) is 9.53. The largest absolute Gasteiger partial charge is 0.444 e. The fourth-order valence-corrected chi connectivity index (χ4v) is 4.28. The summed E-state index contributed by atoms with van der Waals surface area (Å²) in [4.78, 5) is 14.5. The highest BCUT2D eigenvalue weighted by molar-refractivity contribution is 6.74. The average molecular weight is 383 g/mol. The van der Waals surface area contributed by atoms with E-state index >= 15 is 0 Å². The molecule has 1 aliphatic rings. The van der Waals surface area contributed by atoms with Crippen LogP contribution in [0.4, 0.5) is 4.79 Å². The van der Waals surface area contributed by atoms with Gasteiger partial charge in [-0.15, -0.1) is 0 Å². The van der Waals surface area contributed by atoms with Gasteiger partial charge in [0.25, 0.3) is 0 Å². The van der Waals surface area contributed by atoms with E-state index in [9.17, 15) is 10.1 Å². The zero-order valence-electron chi connectivity index (χ0n) is 18.4. The Morgan fingerprint density at radius 1 is 1.15 bits per heavy atom. The molecule has 6 heteroatoms. The Bertz CT molecular complexity index is 553. The van der Waals surface area contributed by atoms with Crippen molar-refractivity contribution in [1.82, 2.24) is 4.90 Å². The molecule has 1 rings (SSSR count). The van der Waals surface area contributed by atoms with Crippen LogP contribution in [-0.4, -0.2) is 43.6 Å².